The minimum Gasteiger partial charge on any atom is -0.494 e. The summed E-state index contributed by atoms with van der Waals surface area (Å²) in [5.41, 5.74) is 1.08. The van der Waals surface area contributed by atoms with Crippen LogP contribution in [0.1, 0.15) is 37.7 Å². The molecule has 106 valence electrons. The van der Waals surface area contributed by atoms with E-state index < -0.39 is 0 Å². The molecule has 2 rings (SSSR count). The van der Waals surface area contributed by atoms with Crippen molar-refractivity contribution in [2.45, 2.75) is 39.0 Å². The lowest BCUT2D eigenvalue weighted by Crippen LogP contribution is -3.09. The van der Waals surface area contributed by atoms with Crippen molar-refractivity contribution in [1.29, 1.82) is 0 Å². The van der Waals surface area contributed by atoms with Crippen LogP contribution in [0.15, 0.2) is 18.2 Å². The van der Waals surface area contributed by atoms with Crippen molar-refractivity contribution in [2.75, 3.05) is 26.2 Å². The van der Waals surface area contributed by atoms with Gasteiger partial charge in [0.05, 0.1) is 26.2 Å². The zero-order valence-corrected chi connectivity index (χ0v) is 12.6. The summed E-state index contributed by atoms with van der Waals surface area (Å²) in [6.07, 6.45) is 6.60. The van der Waals surface area contributed by atoms with Crippen LogP contribution in [-0.2, 0) is 0 Å². The van der Waals surface area contributed by atoms with Crippen LogP contribution < -0.4 is 9.64 Å². The zero-order chi connectivity index (χ0) is 13.5. The number of aryl methyl sites for hydroxylation is 1. The number of unbranched alkanes of at least 4 members (excludes halogenated alkanes) is 2. The molecule has 3 heteroatoms. The Morgan fingerprint density at radius 3 is 2.68 bits per heavy atom. The normalized spacial score (nSPS) is 15.9. The van der Waals surface area contributed by atoms with Gasteiger partial charge in [0.15, 0.2) is 0 Å². The van der Waals surface area contributed by atoms with Crippen molar-refractivity contribution in [2.24, 2.45) is 0 Å². The number of likely N-dealkylation sites (tertiary alicyclic amines) is 1. The molecule has 2 nitrogen and oxygen atoms in total. The van der Waals surface area contributed by atoms with Gasteiger partial charge in [-0.25, -0.2) is 0 Å². The summed E-state index contributed by atoms with van der Waals surface area (Å²) in [5, 5.41) is 0.806. The number of hydrogen-bond donors (Lipinski definition) is 1. The molecule has 0 radical (unpaired) electrons. The van der Waals surface area contributed by atoms with E-state index in [0.717, 1.165) is 29.4 Å². The highest BCUT2D eigenvalue weighted by Gasteiger charge is 2.13. The molecule has 1 fully saturated rings. The van der Waals surface area contributed by atoms with Gasteiger partial charge in [0.1, 0.15) is 5.75 Å². The number of rotatable bonds is 7. The van der Waals surface area contributed by atoms with E-state index in [4.69, 9.17) is 16.3 Å². The Labute approximate surface area is 121 Å². The first-order chi connectivity index (χ1) is 9.25. The lowest BCUT2D eigenvalue weighted by molar-refractivity contribution is -0.887. The highest BCUT2D eigenvalue weighted by atomic mass is 35.5. The molecule has 1 aliphatic heterocycles. The lowest BCUT2D eigenvalue weighted by atomic mass is 10.2. The first-order valence-electron chi connectivity index (χ1n) is 7.48. The molecule has 0 saturated carbocycles. The minimum atomic E-state index is 0.806. The average Bonchev–Trinajstić information content (AvgIpc) is 2.91. The molecule has 0 bridgehead atoms. The molecule has 1 heterocycles. The van der Waals surface area contributed by atoms with E-state index in [1.54, 1.807) is 4.90 Å². The van der Waals surface area contributed by atoms with Crippen molar-refractivity contribution >= 4 is 11.6 Å². The van der Waals surface area contributed by atoms with Gasteiger partial charge in [-0.05, 0) is 49.9 Å². The molecule has 0 aromatic heterocycles. The van der Waals surface area contributed by atoms with Crippen molar-refractivity contribution in [3.63, 3.8) is 0 Å². The first kappa shape index (κ1) is 14.7. The number of quaternary nitrogens is 1. The van der Waals surface area contributed by atoms with E-state index in [9.17, 15) is 0 Å². The highest BCUT2D eigenvalue weighted by molar-refractivity contribution is 6.31. The van der Waals surface area contributed by atoms with E-state index in [2.05, 4.69) is 0 Å². The summed E-state index contributed by atoms with van der Waals surface area (Å²) in [4.78, 5) is 1.80. The van der Waals surface area contributed by atoms with Gasteiger partial charge >= 0.3 is 0 Å². The molecular formula is C16H25ClNO+. The van der Waals surface area contributed by atoms with Gasteiger partial charge in [0, 0.05) is 17.9 Å². The van der Waals surface area contributed by atoms with E-state index in [0.29, 0.717) is 0 Å². The Morgan fingerprint density at radius 2 is 1.95 bits per heavy atom. The molecule has 0 atom stereocenters. The molecular weight excluding hydrogens is 258 g/mol. The number of halogens is 1. The Hall–Kier alpha value is -0.730. The van der Waals surface area contributed by atoms with E-state index in [1.165, 1.54) is 45.3 Å². The molecule has 1 aromatic carbocycles. The lowest BCUT2D eigenvalue weighted by Gasteiger charge is -2.11. The predicted octanol–water partition coefficient (Wildman–Crippen LogP) is 2.88. The van der Waals surface area contributed by atoms with Crippen LogP contribution in [0.25, 0.3) is 0 Å². The molecule has 0 unspecified atom stereocenters. The molecule has 0 aliphatic carbocycles. The smallest absolute Gasteiger partial charge is 0.119 e. The summed E-state index contributed by atoms with van der Waals surface area (Å²) < 4.78 is 5.75. The second-order valence-electron chi connectivity index (χ2n) is 5.53. The van der Waals surface area contributed by atoms with Crippen LogP contribution in [0.2, 0.25) is 5.02 Å². The van der Waals surface area contributed by atoms with Crippen molar-refractivity contribution < 1.29 is 9.64 Å². The third kappa shape index (κ3) is 5.04. The quantitative estimate of drug-likeness (QED) is 0.759. The third-order valence-electron chi connectivity index (χ3n) is 3.88. The van der Waals surface area contributed by atoms with Gasteiger partial charge in [0.25, 0.3) is 0 Å². The molecule has 0 amide bonds. The van der Waals surface area contributed by atoms with Gasteiger partial charge in [0.2, 0.25) is 0 Å². The second-order valence-corrected chi connectivity index (χ2v) is 5.93. The summed E-state index contributed by atoms with van der Waals surface area (Å²) in [6, 6.07) is 5.86. The molecule has 19 heavy (non-hydrogen) atoms. The highest BCUT2D eigenvalue weighted by Crippen LogP contribution is 2.21. The Bertz CT molecular complexity index is 388. The molecule has 1 saturated heterocycles. The maximum Gasteiger partial charge on any atom is 0.119 e. The van der Waals surface area contributed by atoms with Gasteiger partial charge in [-0.2, -0.15) is 0 Å². The number of hydrogen-bond acceptors (Lipinski definition) is 1. The zero-order valence-electron chi connectivity index (χ0n) is 11.9. The third-order valence-corrected chi connectivity index (χ3v) is 4.31. The number of benzene rings is 1. The maximum atomic E-state index is 5.99. The van der Waals surface area contributed by atoms with Crippen molar-refractivity contribution in [3.05, 3.63) is 28.8 Å². The molecule has 1 N–H and O–H groups in total. The predicted molar refractivity (Wildman–Crippen MR) is 80.3 cm³/mol. The van der Waals surface area contributed by atoms with Gasteiger partial charge in [-0.15, -0.1) is 0 Å². The van der Waals surface area contributed by atoms with E-state index in [1.807, 2.05) is 25.1 Å². The average molecular weight is 283 g/mol. The minimum absolute atomic E-state index is 0.806. The first-order valence-corrected chi connectivity index (χ1v) is 7.86. The maximum absolute atomic E-state index is 5.99. The summed E-state index contributed by atoms with van der Waals surface area (Å²) in [7, 11) is 0. The molecule has 1 aromatic rings. The van der Waals surface area contributed by atoms with Gasteiger partial charge < -0.3 is 9.64 Å². The van der Waals surface area contributed by atoms with Crippen LogP contribution in [-0.4, -0.2) is 26.2 Å². The standard InChI is InChI=1S/C16H24ClNO/c1-14-13-15(7-8-16(14)17)19-12-6-2-3-9-18-10-4-5-11-18/h7-8,13H,2-6,9-12H2,1H3/p+1. The largest absolute Gasteiger partial charge is 0.494 e. The topological polar surface area (TPSA) is 13.7 Å². The number of ether oxygens (including phenoxy) is 1. The summed E-state index contributed by atoms with van der Waals surface area (Å²) >= 11 is 5.99. The fraction of sp³-hybridized carbons (Fsp3) is 0.625. The van der Waals surface area contributed by atoms with Gasteiger partial charge in [-0.1, -0.05) is 11.6 Å². The summed E-state index contributed by atoms with van der Waals surface area (Å²) in [6.45, 7) is 6.95. The number of nitrogens with one attached hydrogen (secondary N) is 1. The van der Waals surface area contributed by atoms with Crippen LogP contribution in [0, 0.1) is 6.92 Å². The summed E-state index contributed by atoms with van der Waals surface area (Å²) in [5.74, 6) is 0.937. The van der Waals surface area contributed by atoms with Crippen LogP contribution in [0.3, 0.4) is 0 Å². The monoisotopic (exact) mass is 282 g/mol. The Morgan fingerprint density at radius 1 is 1.16 bits per heavy atom. The molecule has 0 spiro atoms. The van der Waals surface area contributed by atoms with Crippen LogP contribution in [0.4, 0.5) is 0 Å². The SMILES string of the molecule is Cc1cc(OCCCCC[NH+]2CCCC2)ccc1Cl. The second kappa shape index (κ2) is 7.76. The van der Waals surface area contributed by atoms with Crippen LogP contribution in [0.5, 0.6) is 5.75 Å². The van der Waals surface area contributed by atoms with Crippen LogP contribution >= 0.6 is 11.6 Å². The fourth-order valence-corrected chi connectivity index (χ4v) is 2.79. The van der Waals surface area contributed by atoms with E-state index >= 15 is 0 Å². The van der Waals surface area contributed by atoms with Gasteiger partial charge in [-0.3, -0.25) is 0 Å². The fourth-order valence-electron chi connectivity index (χ4n) is 2.68. The Kier molecular flexibility index (Phi) is 5.99. The molecule has 1 aliphatic rings. The van der Waals surface area contributed by atoms with E-state index in [-0.39, 0.29) is 0 Å². The van der Waals surface area contributed by atoms with Crippen molar-refractivity contribution in [1.82, 2.24) is 0 Å². The Balaban J connectivity index is 1.54. The van der Waals surface area contributed by atoms with Crippen molar-refractivity contribution in [3.8, 4) is 5.75 Å².